The fourth-order valence-corrected chi connectivity index (χ4v) is 4.44. The molecule has 1 aliphatic heterocycles. The van der Waals surface area contributed by atoms with Crippen molar-refractivity contribution in [3.63, 3.8) is 0 Å². The highest BCUT2D eigenvalue weighted by Crippen LogP contribution is 2.31. The maximum absolute atomic E-state index is 12.7. The zero-order valence-corrected chi connectivity index (χ0v) is 17.2. The molecule has 0 spiro atoms. The van der Waals surface area contributed by atoms with E-state index in [0.717, 1.165) is 0 Å². The Hall–Kier alpha value is -2.30. The van der Waals surface area contributed by atoms with Gasteiger partial charge in [0.05, 0.1) is 10.9 Å². The Kier molecular flexibility index (Phi) is 5.82. The summed E-state index contributed by atoms with van der Waals surface area (Å²) < 4.78 is 33.5. The first-order valence-corrected chi connectivity index (χ1v) is 10.6. The van der Waals surface area contributed by atoms with E-state index < -0.39 is 10.0 Å². The Morgan fingerprint density at radius 1 is 1.29 bits per heavy atom. The standard InChI is InChI=1S/C18H25N5O4S/c1-11(2)17-20-18(27-21-17)16-9-14(10-23(16)4)22-28(25,26)15-7-5-13(6-8-15)19-12(3)24/h5-8,11,14,16,22H,9-10H2,1-4H3,(H,19,24). The zero-order valence-electron chi connectivity index (χ0n) is 16.3. The van der Waals surface area contributed by atoms with Crippen LogP contribution in [-0.4, -0.2) is 49.0 Å². The number of likely N-dealkylation sites (N-methyl/N-ethyl adjacent to an activating group) is 1. The van der Waals surface area contributed by atoms with Crippen molar-refractivity contribution in [2.24, 2.45) is 0 Å². The van der Waals surface area contributed by atoms with Crippen LogP contribution in [0.1, 0.15) is 50.9 Å². The molecule has 2 atom stereocenters. The van der Waals surface area contributed by atoms with Crippen LogP contribution in [-0.2, 0) is 14.8 Å². The van der Waals surface area contributed by atoms with E-state index in [1.54, 1.807) is 12.1 Å². The minimum atomic E-state index is -3.68. The predicted octanol–water partition coefficient (Wildman–Crippen LogP) is 1.88. The van der Waals surface area contributed by atoms with E-state index in [-0.39, 0.29) is 28.8 Å². The van der Waals surface area contributed by atoms with Crippen LogP contribution in [0.2, 0.25) is 0 Å². The van der Waals surface area contributed by atoms with Gasteiger partial charge in [-0.2, -0.15) is 4.98 Å². The molecule has 2 N–H and O–H groups in total. The lowest BCUT2D eigenvalue weighted by atomic mass is 10.2. The van der Waals surface area contributed by atoms with Gasteiger partial charge in [0, 0.05) is 31.1 Å². The number of sulfonamides is 1. The van der Waals surface area contributed by atoms with Gasteiger partial charge in [0.25, 0.3) is 0 Å². The van der Waals surface area contributed by atoms with E-state index in [4.69, 9.17) is 4.52 Å². The van der Waals surface area contributed by atoms with Crippen molar-refractivity contribution in [1.29, 1.82) is 0 Å². The largest absolute Gasteiger partial charge is 0.338 e. The number of hydrogen-bond donors (Lipinski definition) is 2. The third-order valence-corrected chi connectivity index (χ3v) is 6.15. The number of aromatic nitrogens is 2. The van der Waals surface area contributed by atoms with E-state index in [0.29, 0.717) is 30.4 Å². The molecule has 2 aromatic rings. The van der Waals surface area contributed by atoms with E-state index >= 15 is 0 Å². The predicted molar refractivity (Wildman–Crippen MR) is 103 cm³/mol. The van der Waals surface area contributed by atoms with E-state index in [2.05, 4.69) is 20.2 Å². The van der Waals surface area contributed by atoms with Gasteiger partial charge in [0.1, 0.15) is 0 Å². The fourth-order valence-electron chi connectivity index (χ4n) is 3.20. The molecule has 3 rings (SSSR count). The van der Waals surface area contributed by atoms with Crippen molar-refractivity contribution in [2.45, 2.75) is 50.1 Å². The van der Waals surface area contributed by atoms with E-state index in [9.17, 15) is 13.2 Å². The molecular weight excluding hydrogens is 382 g/mol. The number of anilines is 1. The molecule has 10 heteroatoms. The summed E-state index contributed by atoms with van der Waals surface area (Å²) in [6, 6.07) is 5.66. The molecule has 28 heavy (non-hydrogen) atoms. The number of carbonyl (C=O) groups is 1. The van der Waals surface area contributed by atoms with Crippen LogP contribution in [0.3, 0.4) is 0 Å². The summed E-state index contributed by atoms with van der Waals surface area (Å²) in [5.41, 5.74) is 0.546. The lowest BCUT2D eigenvalue weighted by Crippen LogP contribution is -2.36. The quantitative estimate of drug-likeness (QED) is 0.750. The lowest BCUT2D eigenvalue weighted by molar-refractivity contribution is -0.114. The number of nitrogens with one attached hydrogen (secondary N) is 2. The van der Waals surface area contributed by atoms with Crippen LogP contribution in [0.5, 0.6) is 0 Å². The van der Waals surface area contributed by atoms with Crippen LogP contribution >= 0.6 is 0 Å². The van der Waals surface area contributed by atoms with Gasteiger partial charge in [-0.3, -0.25) is 9.69 Å². The minimum absolute atomic E-state index is 0.130. The topological polar surface area (TPSA) is 117 Å². The summed E-state index contributed by atoms with van der Waals surface area (Å²) >= 11 is 0. The first-order valence-electron chi connectivity index (χ1n) is 9.09. The van der Waals surface area contributed by atoms with Gasteiger partial charge < -0.3 is 9.84 Å². The molecule has 0 saturated carbocycles. The highest BCUT2D eigenvalue weighted by atomic mass is 32.2. The molecule has 0 aliphatic carbocycles. The van der Waals surface area contributed by atoms with Crippen molar-refractivity contribution < 1.29 is 17.7 Å². The van der Waals surface area contributed by atoms with Crippen molar-refractivity contribution in [3.8, 4) is 0 Å². The summed E-state index contributed by atoms with van der Waals surface area (Å²) in [5.74, 6) is 1.11. The third kappa shape index (κ3) is 4.57. The van der Waals surface area contributed by atoms with Gasteiger partial charge in [-0.1, -0.05) is 19.0 Å². The lowest BCUT2D eigenvalue weighted by Gasteiger charge is -2.14. The van der Waals surface area contributed by atoms with E-state index in [1.165, 1.54) is 19.1 Å². The van der Waals surface area contributed by atoms with Gasteiger partial charge in [0.15, 0.2) is 5.82 Å². The molecule has 1 aliphatic rings. The molecule has 1 fully saturated rings. The van der Waals surface area contributed by atoms with Crippen LogP contribution in [0.15, 0.2) is 33.7 Å². The molecule has 152 valence electrons. The molecule has 1 amide bonds. The molecule has 0 bridgehead atoms. The van der Waals surface area contributed by atoms with Gasteiger partial charge in [-0.15, -0.1) is 0 Å². The van der Waals surface area contributed by atoms with Crippen molar-refractivity contribution in [2.75, 3.05) is 18.9 Å². The number of likely N-dealkylation sites (tertiary alicyclic amines) is 1. The van der Waals surface area contributed by atoms with Crippen molar-refractivity contribution in [1.82, 2.24) is 19.8 Å². The van der Waals surface area contributed by atoms with E-state index in [1.807, 2.05) is 25.8 Å². The summed E-state index contributed by atoms with van der Waals surface area (Å²) in [6.45, 7) is 5.91. The average molecular weight is 407 g/mol. The minimum Gasteiger partial charge on any atom is -0.338 e. The van der Waals surface area contributed by atoms with Gasteiger partial charge >= 0.3 is 0 Å². The van der Waals surface area contributed by atoms with Crippen LogP contribution < -0.4 is 10.0 Å². The molecule has 0 radical (unpaired) electrons. The number of carbonyl (C=O) groups excluding carboxylic acids is 1. The van der Waals surface area contributed by atoms with Crippen LogP contribution in [0, 0.1) is 0 Å². The highest BCUT2D eigenvalue weighted by molar-refractivity contribution is 7.89. The first kappa shape index (κ1) is 20.4. The third-order valence-electron chi connectivity index (χ3n) is 4.61. The average Bonchev–Trinajstić information content (AvgIpc) is 3.21. The summed E-state index contributed by atoms with van der Waals surface area (Å²) in [5, 5.41) is 6.60. The Labute approximate surface area is 164 Å². The van der Waals surface area contributed by atoms with Gasteiger partial charge in [0.2, 0.25) is 21.8 Å². The van der Waals surface area contributed by atoms with Gasteiger partial charge in [-0.25, -0.2) is 13.1 Å². The number of hydrogen-bond acceptors (Lipinski definition) is 7. The highest BCUT2D eigenvalue weighted by Gasteiger charge is 2.36. The molecule has 1 aromatic heterocycles. The number of rotatable bonds is 6. The summed E-state index contributed by atoms with van der Waals surface area (Å²) in [6.07, 6.45) is 0.541. The second-order valence-corrected chi connectivity index (χ2v) is 9.07. The number of benzene rings is 1. The Balaban J connectivity index is 1.68. The first-order chi connectivity index (χ1) is 13.2. The molecule has 1 saturated heterocycles. The normalized spacial score (nSPS) is 20.6. The molecule has 1 aromatic carbocycles. The fraction of sp³-hybridized carbons (Fsp3) is 0.500. The zero-order chi connectivity index (χ0) is 20.5. The maximum Gasteiger partial charge on any atom is 0.244 e. The van der Waals surface area contributed by atoms with Crippen molar-refractivity contribution in [3.05, 3.63) is 36.0 Å². The number of nitrogens with zero attached hydrogens (tertiary/aromatic N) is 3. The monoisotopic (exact) mass is 407 g/mol. The molecular formula is C18H25N5O4S. The van der Waals surface area contributed by atoms with Crippen LogP contribution in [0.25, 0.3) is 0 Å². The van der Waals surface area contributed by atoms with Crippen LogP contribution in [0.4, 0.5) is 5.69 Å². The maximum atomic E-state index is 12.7. The Morgan fingerprint density at radius 2 is 1.96 bits per heavy atom. The second-order valence-electron chi connectivity index (χ2n) is 7.36. The molecule has 9 nitrogen and oxygen atoms in total. The second kappa shape index (κ2) is 7.98. The smallest absolute Gasteiger partial charge is 0.244 e. The Bertz CT molecular complexity index is 939. The molecule has 2 heterocycles. The number of amides is 1. The Morgan fingerprint density at radius 3 is 2.54 bits per heavy atom. The van der Waals surface area contributed by atoms with Gasteiger partial charge in [-0.05, 0) is 37.7 Å². The summed E-state index contributed by atoms with van der Waals surface area (Å²) in [4.78, 5) is 17.7. The summed E-state index contributed by atoms with van der Waals surface area (Å²) in [7, 11) is -1.78. The SMILES string of the molecule is CC(=O)Nc1ccc(S(=O)(=O)NC2CC(c3nc(C(C)C)no3)N(C)C2)cc1. The van der Waals surface area contributed by atoms with Crippen molar-refractivity contribution >= 4 is 21.6 Å². The molecule has 2 unspecified atom stereocenters.